The van der Waals surface area contributed by atoms with E-state index in [1.165, 1.54) is 12.8 Å². The zero-order chi connectivity index (χ0) is 15.8. The van der Waals surface area contributed by atoms with Crippen molar-refractivity contribution in [2.45, 2.75) is 32.3 Å². The summed E-state index contributed by atoms with van der Waals surface area (Å²) in [5, 5.41) is 5.56. The molecule has 1 atom stereocenters. The molecule has 5 heteroatoms. The molecular weight excluding hydrogens is 280 g/mol. The van der Waals surface area contributed by atoms with E-state index in [9.17, 15) is 9.59 Å². The number of ether oxygens (including phenoxy) is 1. The van der Waals surface area contributed by atoms with Crippen molar-refractivity contribution in [1.29, 1.82) is 0 Å². The zero-order valence-corrected chi connectivity index (χ0v) is 13.0. The Morgan fingerprint density at radius 3 is 2.55 bits per heavy atom. The van der Waals surface area contributed by atoms with Crippen LogP contribution in [-0.4, -0.2) is 37.6 Å². The number of carbonyl (C=O) groups excluding carboxylic acids is 2. The molecule has 0 aromatic heterocycles. The maximum Gasteiger partial charge on any atom is 0.248 e. The fraction of sp³-hybridized carbons (Fsp3) is 0.529. The summed E-state index contributed by atoms with van der Waals surface area (Å²) in [5.74, 6) is 0.476. The molecule has 1 aromatic rings. The number of amides is 2. The van der Waals surface area contributed by atoms with Gasteiger partial charge in [0.15, 0.2) is 0 Å². The lowest BCUT2D eigenvalue weighted by molar-refractivity contribution is -0.132. The molecular formula is C17H24N2O3. The predicted octanol–water partition coefficient (Wildman–Crippen LogP) is 1.28. The van der Waals surface area contributed by atoms with Crippen LogP contribution in [-0.2, 0) is 20.7 Å². The Bertz CT molecular complexity index is 486. The molecule has 1 saturated carbocycles. The normalized spacial score (nSPS) is 15.1. The first-order valence-electron chi connectivity index (χ1n) is 7.85. The second-order valence-corrected chi connectivity index (χ2v) is 5.72. The lowest BCUT2D eigenvalue weighted by Gasteiger charge is -2.13. The van der Waals surface area contributed by atoms with Crippen molar-refractivity contribution in [3.63, 3.8) is 0 Å². The quantitative estimate of drug-likeness (QED) is 0.675. The molecule has 0 spiro atoms. The van der Waals surface area contributed by atoms with E-state index in [2.05, 4.69) is 10.6 Å². The van der Waals surface area contributed by atoms with Crippen LogP contribution in [0.5, 0.6) is 0 Å². The average molecular weight is 304 g/mol. The molecule has 2 N–H and O–H groups in total. The minimum atomic E-state index is -0.430. The summed E-state index contributed by atoms with van der Waals surface area (Å²) in [5.41, 5.74) is 0.978. The largest absolute Gasteiger partial charge is 0.368 e. The molecule has 1 aliphatic carbocycles. The van der Waals surface area contributed by atoms with E-state index in [0.29, 0.717) is 32.0 Å². The van der Waals surface area contributed by atoms with Gasteiger partial charge in [0.1, 0.15) is 6.10 Å². The Morgan fingerprint density at radius 2 is 1.86 bits per heavy atom. The fourth-order valence-corrected chi connectivity index (χ4v) is 2.02. The predicted molar refractivity (Wildman–Crippen MR) is 84.3 cm³/mol. The molecule has 0 bridgehead atoms. The van der Waals surface area contributed by atoms with E-state index >= 15 is 0 Å². The van der Waals surface area contributed by atoms with Crippen LogP contribution in [0.1, 0.15) is 25.3 Å². The molecule has 1 aliphatic rings. The Morgan fingerprint density at radius 1 is 1.18 bits per heavy atom. The van der Waals surface area contributed by atoms with Gasteiger partial charge in [-0.1, -0.05) is 30.3 Å². The lowest BCUT2D eigenvalue weighted by Crippen LogP contribution is -2.40. The van der Waals surface area contributed by atoms with Crippen molar-refractivity contribution >= 4 is 11.8 Å². The van der Waals surface area contributed by atoms with Gasteiger partial charge in [-0.05, 0) is 31.2 Å². The van der Waals surface area contributed by atoms with Crippen LogP contribution in [0.25, 0.3) is 0 Å². The second-order valence-electron chi connectivity index (χ2n) is 5.72. The highest BCUT2D eigenvalue weighted by atomic mass is 16.5. The molecule has 1 fully saturated rings. The molecule has 1 aromatic carbocycles. The summed E-state index contributed by atoms with van der Waals surface area (Å²) >= 11 is 0. The first-order valence-corrected chi connectivity index (χ1v) is 7.85. The van der Waals surface area contributed by atoms with Crippen LogP contribution in [0.2, 0.25) is 0 Å². The van der Waals surface area contributed by atoms with E-state index in [1.807, 2.05) is 30.3 Å². The molecule has 0 saturated heterocycles. The smallest absolute Gasteiger partial charge is 0.248 e. The van der Waals surface area contributed by atoms with Crippen LogP contribution in [0.4, 0.5) is 0 Å². The Kier molecular flexibility index (Phi) is 6.40. The number of carbonyl (C=O) groups is 2. The number of hydrogen-bond donors (Lipinski definition) is 2. The monoisotopic (exact) mass is 304 g/mol. The summed E-state index contributed by atoms with van der Waals surface area (Å²) in [6.07, 6.45) is 2.35. The van der Waals surface area contributed by atoms with Crippen molar-refractivity contribution in [2.75, 3.05) is 19.7 Å². The maximum atomic E-state index is 11.8. The van der Waals surface area contributed by atoms with Gasteiger partial charge in [0.2, 0.25) is 11.8 Å². The van der Waals surface area contributed by atoms with Gasteiger partial charge in [-0.3, -0.25) is 9.59 Å². The summed E-state index contributed by atoms with van der Waals surface area (Å²) in [4.78, 5) is 23.5. The number of benzene rings is 1. The third-order valence-corrected chi connectivity index (χ3v) is 3.60. The van der Waals surface area contributed by atoms with Gasteiger partial charge in [-0.2, -0.15) is 0 Å². The van der Waals surface area contributed by atoms with Gasteiger partial charge in [0.25, 0.3) is 0 Å². The van der Waals surface area contributed by atoms with Crippen molar-refractivity contribution < 1.29 is 14.3 Å². The topological polar surface area (TPSA) is 67.4 Å². The molecule has 120 valence electrons. The van der Waals surface area contributed by atoms with Gasteiger partial charge in [-0.25, -0.2) is 0 Å². The lowest BCUT2D eigenvalue weighted by atomic mass is 10.1. The van der Waals surface area contributed by atoms with E-state index in [4.69, 9.17) is 4.74 Å². The third kappa shape index (κ3) is 6.26. The Hall–Kier alpha value is -1.88. The van der Waals surface area contributed by atoms with Crippen LogP contribution in [0.15, 0.2) is 30.3 Å². The minimum absolute atomic E-state index is 0.0431. The summed E-state index contributed by atoms with van der Waals surface area (Å²) in [6, 6.07) is 9.57. The van der Waals surface area contributed by atoms with Crippen molar-refractivity contribution in [1.82, 2.24) is 10.6 Å². The van der Waals surface area contributed by atoms with Crippen molar-refractivity contribution in [2.24, 2.45) is 5.92 Å². The standard InChI is InChI=1S/C17H24N2O3/c1-13(22-12-15-7-8-15)17(21)19-10-9-18-16(20)11-14-5-3-2-4-6-14/h2-6,13,15H,7-12H2,1H3,(H,18,20)(H,19,21). The van der Waals surface area contributed by atoms with Crippen LogP contribution >= 0.6 is 0 Å². The van der Waals surface area contributed by atoms with Gasteiger partial charge in [0, 0.05) is 13.1 Å². The van der Waals surface area contributed by atoms with Gasteiger partial charge < -0.3 is 15.4 Å². The van der Waals surface area contributed by atoms with Crippen LogP contribution in [0, 0.1) is 5.92 Å². The van der Waals surface area contributed by atoms with Crippen LogP contribution < -0.4 is 10.6 Å². The highest BCUT2D eigenvalue weighted by Gasteiger charge is 2.23. The molecule has 5 nitrogen and oxygen atoms in total. The molecule has 0 heterocycles. The molecule has 0 aliphatic heterocycles. The Labute approximate surface area is 131 Å². The van der Waals surface area contributed by atoms with Gasteiger partial charge >= 0.3 is 0 Å². The summed E-state index contributed by atoms with van der Waals surface area (Å²) in [7, 11) is 0. The van der Waals surface area contributed by atoms with Crippen molar-refractivity contribution in [3.05, 3.63) is 35.9 Å². The average Bonchev–Trinajstić information content (AvgIpc) is 3.34. The van der Waals surface area contributed by atoms with Crippen LogP contribution in [0.3, 0.4) is 0 Å². The third-order valence-electron chi connectivity index (χ3n) is 3.60. The molecule has 2 rings (SSSR count). The fourth-order valence-electron chi connectivity index (χ4n) is 2.02. The first kappa shape index (κ1) is 16.5. The molecule has 1 unspecified atom stereocenters. The molecule has 0 radical (unpaired) electrons. The number of hydrogen-bond acceptors (Lipinski definition) is 3. The zero-order valence-electron chi connectivity index (χ0n) is 13.0. The molecule has 2 amide bonds. The summed E-state index contributed by atoms with van der Waals surface area (Å²) < 4.78 is 5.49. The van der Waals surface area contributed by atoms with E-state index in [1.54, 1.807) is 6.92 Å². The Balaban J connectivity index is 1.54. The number of rotatable bonds is 9. The van der Waals surface area contributed by atoms with E-state index < -0.39 is 6.10 Å². The maximum absolute atomic E-state index is 11.8. The van der Waals surface area contributed by atoms with E-state index in [0.717, 1.165) is 5.56 Å². The van der Waals surface area contributed by atoms with Gasteiger partial charge in [-0.15, -0.1) is 0 Å². The molecule has 22 heavy (non-hydrogen) atoms. The first-order chi connectivity index (χ1) is 10.6. The SMILES string of the molecule is CC(OCC1CC1)C(=O)NCCNC(=O)Cc1ccccc1. The highest BCUT2D eigenvalue weighted by molar-refractivity contribution is 5.80. The van der Waals surface area contributed by atoms with Crippen molar-refractivity contribution in [3.8, 4) is 0 Å². The van der Waals surface area contributed by atoms with E-state index in [-0.39, 0.29) is 11.8 Å². The van der Waals surface area contributed by atoms with Gasteiger partial charge in [0.05, 0.1) is 13.0 Å². The minimum Gasteiger partial charge on any atom is -0.368 e. The highest BCUT2D eigenvalue weighted by Crippen LogP contribution is 2.29. The second kappa shape index (κ2) is 8.54. The number of nitrogens with one attached hydrogen (secondary N) is 2. The summed E-state index contributed by atoms with van der Waals surface area (Å²) in [6.45, 7) is 3.26.